The molecule has 1 saturated heterocycles. The van der Waals surface area contributed by atoms with Gasteiger partial charge in [-0.05, 0) is 37.5 Å². The number of amides is 1. The molecular formula is C16H24N2O2. The average Bonchev–Trinajstić information content (AvgIpc) is 2.81. The molecule has 4 heteroatoms. The molecule has 1 aromatic rings. The zero-order chi connectivity index (χ0) is 14.5. The van der Waals surface area contributed by atoms with Crippen molar-refractivity contribution in [3.63, 3.8) is 0 Å². The Balaban J connectivity index is 2.12. The van der Waals surface area contributed by atoms with E-state index in [4.69, 9.17) is 4.74 Å². The van der Waals surface area contributed by atoms with Crippen molar-refractivity contribution in [3.05, 3.63) is 29.8 Å². The molecule has 1 heterocycles. The molecule has 1 N–H and O–H groups in total. The fraction of sp³-hybridized carbons (Fsp3) is 0.562. The summed E-state index contributed by atoms with van der Waals surface area (Å²) in [7, 11) is 0. The first-order valence-corrected chi connectivity index (χ1v) is 7.50. The third-order valence-electron chi connectivity index (χ3n) is 3.67. The van der Waals surface area contributed by atoms with Crippen LogP contribution in [0.25, 0.3) is 0 Å². The van der Waals surface area contributed by atoms with Crippen molar-refractivity contribution in [2.45, 2.75) is 45.8 Å². The molecule has 1 fully saturated rings. The van der Waals surface area contributed by atoms with Gasteiger partial charge in [-0.15, -0.1) is 0 Å². The van der Waals surface area contributed by atoms with Gasteiger partial charge in [0.25, 0.3) is 0 Å². The summed E-state index contributed by atoms with van der Waals surface area (Å²) in [6.07, 6.45) is 1.81. The van der Waals surface area contributed by atoms with Crippen LogP contribution < -0.4 is 10.1 Å². The van der Waals surface area contributed by atoms with Crippen molar-refractivity contribution in [1.82, 2.24) is 10.2 Å². The maximum atomic E-state index is 12.2. The number of likely N-dealkylation sites (N-methyl/N-ethyl adjacent to an activating group) is 1. The van der Waals surface area contributed by atoms with Crippen LogP contribution in [0.15, 0.2) is 24.3 Å². The highest BCUT2D eigenvalue weighted by Gasteiger charge is 2.37. The number of rotatable bonds is 6. The Kier molecular flexibility index (Phi) is 5.01. The molecule has 0 spiro atoms. The number of ether oxygens (including phenoxy) is 1. The van der Waals surface area contributed by atoms with Crippen LogP contribution in [0.2, 0.25) is 0 Å². The van der Waals surface area contributed by atoms with Gasteiger partial charge in [-0.25, -0.2) is 0 Å². The van der Waals surface area contributed by atoms with Crippen LogP contribution in [0.4, 0.5) is 0 Å². The van der Waals surface area contributed by atoms with Gasteiger partial charge >= 0.3 is 0 Å². The SMILES string of the molecule is CCCOc1ccc(C2NC(CC)C(=O)N2CC)cc1. The van der Waals surface area contributed by atoms with E-state index in [-0.39, 0.29) is 18.1 Å². The van der Waals surface area contributed by atoms with E-state index in [1.165, 1.54) is 0 Å². The molecule has 0 saturated carbocycles. The fourth-order valence-corrected chi connectivity index (χ4v) is 2.55. The van der Waals surface area contributed by atoms with Crippen LogP contribution in [0.1, 0.15) is 45.3 Å². The van der Waals surface area contributed by atoms with Gasteiger partial charge in [-0.1, -0.05) is 26.0 Å². The lowest BCUT2D eigenvalue weighted by Crippen LogP contribution is -2.30. The Labute approximate surface area is 121 Å². The van der Waals surface area contributed by atoms with E-state index in [0.29, 0.717) is 0 Å². The highest BCUT2D eigenvalue weighted by Crippen LogP contribution is 2.27. The quantitative estimate of drug-likeness (QED) is 0.868. The van der Waals surface area contributed by atoms with Crippen LogP contribution in [-0.4, -0.2) is 30.0 Å². The predicted molar refractivity (Wildman–Crippen MR) is 79.6 cm³/mol. The van der Waals surface area contributed by atoms with Crippen molar-refractivity contribution < 1.29 is 9.53 Å². The molecule has 0 bridgehead atoms. The van der Waals surface area contributed by atoms with Crippen molar-refractivity contribution in [2.24, 2.45) is 0 Å². The maximum absolute atomic E-state index is 12.2. The maximum Gasteiger partial charge on any atom is 0.241 e. The molecule has 0 radical (unpaired) electrons. The normalized spacial score (nSPS) is 22.4. The average molecular weight is 276 g/mol. The number of hydrogen-bond donors (Lipinski definition) is 1. The number of benzene rings is 1. The second-order valence-electron chi connectivity index (χ2n) is 5.07. The summed E-state index contributed by atoms with van der Waals surface area (Å²) in [6, 6.07) is 7.97. The standard InChI is InChI=1S/C16H24N2O2/c1-4-11-20-13-9-7-12(8-10-13)15-17-14(5-2)16(19)18(15)6-3/h7-10,14-15,17H,4-6,11H2,1-3H3. The minimum absolute atomic E-state index is 0.0160. The number of nitrogens with zero attached hydrogens (tertiary/aromatic N) is 1. The van der Waals surface area contributed by atoms with Crippen LogP contribution >= 0.6 is 0 Å². The van der Waals surface area contributed by atoms with Gasteiger partial charge in [0.2, 0.25) is 5.91 Å². The van der Waals surface area contributed by atoms with Crippen LogP contribution in [0, 0.1) is 0 Å². The molecule has 2 atom stereocenters. The number of nitrogens with one attached hydrogen (secondary N) is 1. The monoisotopic (exact) mass is 276 g/mol. The third-order valence-corrected chi connectivity index (χ3v) is 3.67. The lowest BCUT2D eigenvalue weighted by atomic mass is 10.1. The Morgan fingerprint density at radius 3 is 2.45 bits per heavy atom. The van der Waals surface area contributed by atoms with E-state index in [0.717, 1.165) is 37.3 Å². The van der Waals surface area contributed by atoms with Gasteiger partial charge in [-0.3, -0.25) is 10.1 Å². The third kappa shape index (κ3) is 2.96. The van der Waals surface area contributed by atoms with Crippen LogP contribution in [-0.2, 0) is 4.79 Å². The Bertz CT molecular complexity index is 444. The molecular weight excluding hydrogens is 252 g/mol. The van der Waals surface area contributed by atoms with E-state index in [2.05, 4.69) is 12.2 Å². The van der Waals surface area contributed by atoms with E-state index < -0.39 is 0 Å². The Morgan fingerprint density at radius 2 is 1.90 bits per heavy atom. The summed E-state index contributed by atoms with van der Waals surface area (Å²) in [6.45, 7) is 7.60. The zero-order valence-corrected chi connectivity index (χ0v) is 12.6. The lowest BCUT2D eigenvalue weighted by molar-refractivity contribution is -0.129. The summed E-state index contributed by atoms with van der Waals surface area (Å²) in [5, 5.41) is 3.41. The van der Waals surface area contributed by atoms with Gasteiger partial charge in [0.05, 0.1) is 12.6 Å². The molecule has 1 amide bonds. The predicted octanol–water partition coefficient (Wildman–Crippen LogP) is 2.70. The van der Waals surface area contributed by atoms with Crippen LogP contribution in [0.3, 0.4) is 0 Å². The van der Waals surface area contributed by atoms with Crippen molar-refractivity contribution in [3.8, 4) is 5.75 Å². The highest BCUT2D eigenvalue weighted by molar-refractivity contribution is 5.84. The number of carbonyl (C=O) groups excluding carboxylic acids is 1. The minimum Gasteiger partial charge on any atom is -0.494 e. The molecule has 110 valence electrons. The first-order valence-electron chi connectivity index (χ1n) is 7.50. The molecule has 0 aromatic heterocycles. The van der Waals surface area contributed by atoms with Gasteiger partial charge in [0.15, 0.2) is 0 Å². The van der Waals surface area contributed by atoms with Gasteiger partial charge in [0.1, 0.15) is 11.9 Å². The highest BCUT2D eigenvalue weighted by atomic mass is 16.5. The summed E-state index contributed by atoms with van der Waals surface area (Å²) in [4.78, 5) is 14.1. The van der Waals surface area contributed by atoms with E-state index in [1.54, 1.807) is 0 Å². The minimum atomic E-state index is -0.0593. The second-order valence-corrected chi connectivity index (χ2v) is 5.07. The summed E-state index contributed by atoms with van der Waals surface area (Å²) in [5.41, 5.74) is 1.11. The number of hydrogen-bond acceptors (Lipinski definition) is 3. The molecule has 2 unspecified atom stereocenters. The number of carbonyl (C=O) groups is 1. The van der Waals surface area contributed by atoms with E-state index >= 15 is 0 Å². The van der Waals surface area contributed by atoms with Crippen molar-refractivity contribution >= 4 is 5.91 Å². The van der Waals surface area contributed by atoms with Crippen LogP contribution in [0.5, 0.6) is 5.75 Å². The molecule has 1 aromatic carbocycles. The summed E-state index contributed by atoms with van der Waals surface area (Å²) in [5.74, 6) is 1.08. The van der Waals surface area contributed by atoms with E-state index in [1.807, 2.05) is 43.0 Å². The van der Waals surface area contributed by atoms with Gasteiger partial charge in [-0.2, -0.15) is 0 Å². The molecule has 4 nitrogen and oxygen atoms in total. The van der Waals surface area contributed by atoms with Gasteiger partial charge in [0, 0.05) is 6.54 Å². The summed E-state index contributed by atoms with van der Waals surface area (Å²) < 4.78 is 5.59. The molecule has 0 aliphatic carbocycles. The van der Waals surface area contributed by atoms with Crippen molar-refractivity contribution in [2.75, 3.05) is 13.2 Å². The molecule has 2 rings (SSSR count). The molecule has 1 aliphatic rings. The topological polar surface area (TPSA) is 41.6 Å². The largest absolute Gasteiger partial charge is 0.494 e. The zero-order valence-electron chi connectivity index (χ0n) is 12.6. The Hall–Kier alpha value is -1.55. The Morgan fingerprint density at radius 1 is 1.20 bits per heavy atom. The first-order chi connectivity index (χ1) is 9.71. The van der Waals surface area contributed by atoms with Gasteiger partial charge < -0.3 is 9.64 Å². The molecule has 20 heavy (non-hydrogen) atoms. The first kappa shape index (κ1) is 14.9. The molecule has 1 aliphatic heterocycles. The lowest BCUT2D eigenvalue weighted by Gasteiger charge is -2.23. The van der Waals surface area contributed by atoms with E-state index in [9.17, 15) is 4.79 Å². The summed E-state index contributed by atoms with van der Waals surface area (Å²) >= 11 is 0. The second kappa shape index (κ2) is 6.75. The fourth-order valence-electron chi connectivity index (χ4n) is 2.55. The smallest absolute Gasteiger partial charge is 0.241 e. The van der Waals surface area contributed by atoms with Crippen molar-refractivity contribution in [1.29, 1.82) is 0 Å².